The highest BCUT2D eigenvalue weighted by molar-refractivity contribution is 5.99. The molecule has 174 valence electrons. The van der Waals surface area contributed by atoms with Crippen molar-refractivity contribution in [1.29, 1.82) is 0 Å². The number of carbonyl (C=O) groups is 1. The van der Waals surface area contributed by atoms with E-state index in [2.05, 4.69) is 25.8 Å². The van der Waals surface area contributed by atoms with Gasteiger partial charge in [0, 0.05) is 42.6 Å². The molecule has 9 heteroatoms. The highest BCUT2D eigenvalue weighted by atomic mass is 16.5. The fraction of sp³-hybridized carbons (Fsp3) is 0.360. The molecule has 3 aromatic rings. The van der Waals surface area contributed by atoms with E-state index in [1.54, 1.807) is 24.5 Å². The molecule has 5 heterocycles. The molecule has 9 nitrogen and oxygen atoms in total. The highest BCUT2D eigenvalue weighted by Crippen LogP contribution is 2.33. The van der Waals surface area contributed by atoms with E-state index in [0.29, 0.717) is 29.4 Å². The quantitative estimate of drug-likeness (QED) is 0.553. The van der Waals surface area contributed by atoms with Gasteiger partial charge in [0.1, 0.15) is 5.82 Å². The van der Waals surface area contributed by atoms with E-state index >= 15 is 0 Å². The first-order chi connectivity index (χ1) is 16.7. The topological polar surface area (TPSA) is 104 Å². The number of pyridine rings is 1. The minimum Gasteiger partial charge on any atom is -0.371 e. The van der Waals surface area contributed by atoms with Crippen molar-refractivity contribution in [2.24, 2.45) is 0 Å². The van der Waals surface area contributed by atoms with Crippen molar-refractivity contribution in [3.05, 3.63) is 60.0 Å². The molecule has 3 N–H and O–H groups in total. The predicted molar refractivity (Wildman–Crippen MR) is 130 cm³/mol. The molecule has 0 aliphatic carbocycles. The van der Waals surface area contributed by atoms with Gasteiger partial charge in [-0.05, 0) is 62.2 Å². The van der Waals surface area contributed by atoms with E-state index in [4.69, 9.17) is 14.7 Å². The third-order valence-electron chi connectivity index (χ3n) is 6.58. The highest BCUT2D eigenvalue weighted by Gasteiger charge is 2.35. The van der Waals surface area contributed by atoms with E-state index in [9.17, 15) is 4.79 Å². The van der Waals surface area contributed by atoms with Crippen LogP contribution in [0.3, 0.4) is 0 Å². The van der Waals surface area contributed by atoms with Crippen LogP contribution in [0.1, 0.15) is 24.1 Å². The molecule has 34 heavy (non-hydrogen) atoms. The number of nitrogens with zero attached hydrogens (tertiary/aromatic N) is 4. The zero-order valence-corrected chi connectivity index (χ0v) is 18.8. The summed E-state index contributed by atoms with van der Waals surface area (Å²) in [5.41, 5.74) is 4.58. The second kappa shape index (κ2) is 9.00. The maximum Gasteiger partial charge on any atom is 0.323 e. The Morgan fingerprint density at radius 3 is 2.59 bits per heavy atom. The Labute approximate surface area is 198 Å². The van der Waals surface area contributed by atoms with Crippen molar-refractivity contribution >= 4 is 23.2 Å². The van der Waals surface area contributed by atoms with Crippen LogP contribution < -0.4 is 20.9 Å². The summed E-state index contributed by atoms with van der Waals surface area (Å²) in [6, 6.07) is 10.9. The van der Waals surface area contributed by atoms with Crippen molar-refractivity contribution in [2.45, 2.75) is 38.0 Å². The second-order valence-corrected chi connectivity index (χ2v) is 8.98. The molecule has 0 radical (unpaired) electrons. The fourth-order valence-corrected chi connectivity index (χ4v) is 4.95. The molecule has 2 bridgehead atoms. The molecule has 0 saturated carbocycles. The Bertz CT molecular complexity index is 1170. The van der Waals surface area contributed by atoms with Crippen LogP contribution >= 0.6 is 0 Å². The summed E-state index contributed by atoms with van der Waals surface area (Å²) >= 11 is 0. The number of fused-ring (bicyclic) bond motifs is 3. The van der Waals surface area contributed by atoms with Gasteiger partial charge in [-0.1, -0.05) is 0 Å². The lowest BCUT2D eigenvalue weighted by Crippen LogP contribution is -2.44. The lowest BCUT2D eigenvalue weighted by Gasteiger charge is -2.35. The summed E-state index contributed by atoms with van der Waals surface area (Å²) in [4.78, 5) is 28.6. The molecule has 0 spiro atoms. The smallest absolute Gasteiger partial charge is 0.323 e. The fourth-order valence-electron chi connectivity index (χ4n) is 4.95. The number of hydrogen-bond acceptors (Lipinski definition) is 7. The van der Waals surface area contributed by atoms with Crippen LogP contribution in [0.15, 0.2) is 48.8 Å². The van der Waals surface area contributed by atoms with Gasteiger partial charge in [-0.15, -0.1) is 0 Å². The monoisotopic (exact) mass is 457 g/mol. The van der Waals surface area contributed by atoms with Crippen LogP contribution in [0.4, 0.5) is 22.0 Å². The lowest BCUT2D eigenvalue weighted by molar-refractivity contribution is 0.0301. The van der Waals surface area contributed by atoms with Crippen molar-refractivity contribution in [3.8, 4) is 11.4 Å². The number of amides is 2. The number of nitrogens with one attached hydrogen (secondary N) is 3. The van der Waals surface area contributed by atoms with E-state index in [-0.39, 0.29) is 6.03 Å². The number of carbonyl (C=O) groups excluding carboxylic acids is 1. The molecule has 3 aliphatic rings. The molecule has 1 aromatic carbocycles. The third-order valence-corrected chi connectivity index (χ3v) is 6.58. The van der Waals surface area contributed by atoms with Gasteiger partial charge >= 0.3 is 6.03 Å². The molecule has 2 aromatic heterocycles. The molecule has 2 atom stereocenters. The Morgan fingerprint density at radius 2 is 1.82 bits per heavy atom. The summed E-state index contributed by atoms with van der Waals surface area (Å²) in [6.45, 7) is 3.48. The van der Waals surface area contributed by atoms with Crippen LogP contribution in [0.5, 0.6) is 0 Å². The molecule has 2 saturated heterocycles. The second-order valence-electron chi connectivity index (χ2n) is 8.98. The molecular formula is C25H27N7O2. The maximum absolute atomic E-state index is 12.3. The lowest BCUT2D eigenvalue weighted by atomic mass is 10.0. The van der Waals surface area contributed by atoms with Crippen LogP contribution in [0.2, 0.25) is 0 Å². The Morgan fingerprint density at radius 1 is 1.03 bits per heavy atom. The zero-order valence-electron chi connectivity index (χ0n) is 18.8. The summed E-state index contributed by atoms with van der Waals surface area (Å²) in [5, 5.41) is 9.05. The first kappa shape index (κ1) is 21.0. The number of aromatic nitrogens is 3. The van der Waals surface area contributed by atoms with Gasteiger partial charge in [0.2, 0.25) is 0 Å². The van der Waals surface area contributed by atoms with Gasteiger partial charge in [0.25, 0.3) is 0 Å². The van der Waals surface area contributed by atoms with E-state index < -0.39 is 0 Å². The maximum atomic E-state index is 12.3. The Balaban J connectivity index is 1.23. The van der Waals surface area contributed by atoms with Crippen molar-refractivity contribution in [2.75, 3.05) is 35.2 Å². The Hall–Kier alpha value is -3.56. The molecular weight excluding hydrogens is 430 g/mol. The summed E-state index contributed by atoms with van der Waals surface area (Å²) in [7, 11) is 0. The third kappa shape index (κ3) is 4.32. The van der Waals surface area contributed by atoms with Gasteiger partial charge in [-0.3, -0.25) is 4.98 Å². The summed E-state index contributed by atoms with van der Waals surface area (Å²) < 4.78 is 6.05. The standard InChI is InChI=1S/C25H27N7O2/c33-25(29-18-2-1-10-26-12-18)28-17-5-3-16(4-6-17)23-30-22-13-27-11-9-21(22)24(31-23)32-14-19-7-8-20(15-32)34-19/h1-6,10,12,19-20,27H,7-9,11,13-15H2,(H2,28,29,33). The van der Waals surface area contributed by atoms with E-state index in [0.717, 1.165) is 62.5 Å². The zero-order chi connectivity index (χ0) is 22.9. The van der Waals surface area contributed by atoms with Crippen LogP contribution in [-0.2, 0) is 17.7 Å². The summed E-state index contributed by atoms with van der Waals surface area (Å²) in [6.07, 6.45) is 7.07. The van der Waals surface area contributed by atoms with Crippen molar-refractivity contribution in [1.82, 2.24) is 20.3 Å². The first-order valence-corrected chi connectivity index (χ1v) is 11.8. The number of rotatable bonds is 4. The van der Waals surface area contributed by atoms with Gasteiger partial charge in [0.15, 0.2) is 5.82 Å². The average molecular weight is 458 g/mol. The number of anilines is 3. The minimum atomic E-state index is -0.318. The molecule has 6 rings (SSSR count). The van der Waals surface area contributed by atoms with Gasteiger partial charge in [0.05, 0.1) is 29.8 Å². The molecule has 2 unspecified atom stereocenters. The molecule has 2 amide bonds. The van der Waals surface area contributed by atoms with Crippen molar-refractivity contribution < 1.29 is 9.53 Å². The molecule has 3 aliphatic heterocycles. The number of benzene rings is 1. The SMILES string of the molecule is O=C(Nc1ccc(-c2nc3c(c(N4CC5CCC(C4)O5)n2)CCNC3)cc1)Nc1cccnc1. The minimum absolute atomic E-state index is 0.303. The Kier molecular flexibility index (Phi) is 5.56. The van der Waals surface area contributed by atoms with E-state index in [1.165, 1.54) is 5.56 Å². The van der Waals surface area contributed by atoms with Gasteiger partial charge < -0.3 is 25.6 Å². The van der Waals surface area contributed by atoms with Crippen LogP contribution in [0, 0.1) is 0 Å². The first-order valence-electron chi connectivity index (χ1n) is 11.8. The van der Waals surface area contributed by atoms with E-state index in [1.807, 2.05) is 24.3 Å². The molecule has 2 fully saturated rings. The average Bonchev–Trinajstić information content (AvgIpc) is 3.21. The summed E-state index contributed by atoms with van der Waals surface area (Å²) in [5.74, 6) is 1.77. The predicted octanol–water partition coefficient (Wildman–Crippen LogP) is 3.20. The van der Waals surface area contributed by atoms with Crippen LogP contribution in [-0.4, -0.2) is 52.8 Å². The van der Waals surface area contributed by atoms with Crippen molar-refractivity contribution in [3.63, 3.8) is 0 Å². The van der Waals surface area contributed by atoms with Gasteiger partial charge in [-0.2, -0.15) is 0 Å². The number of ether oxygens (including phenoxy) is 1. The normalized spacial score (nSPS) is 21.1. The van der Waals surface area contributed by atoms with Gasteiger partial charge in [-0.25, -0.2) is 14.8 Å². The van der Waals surface area contributed by atoms with Crippen LogP contribution in [0.25, 0.3) is 11.4 Å². The number of urea groups is 1. The largest absolute Gasteiger partial charge is 0.371 e. The number of hydrogen-bond donors (Lipinski definition) is 3. The number of morpholine rings is 1.